The molecule has 0 aliphatic heterocycles. The fraction of sp³-hybridized carbons (Fsp3) is 0.538. The molecule has 1 aromatic carbocycles. The first-order chi connectivity index (χ1) is 9.87. The molecule has 1 aliphatic rings. The monoisotopic (exact) mass is 396 g/mol. The van der Waals surface area contributed by atoms with E-state index in [1.807, 2.05) is 0 Å². The first kappa shape index (κ1) is 17.0. The van der Waals surface area contributed by atoms with Crippen LogP contribution in [0.1, 0.15) is 25.7 Å². The molecule has 118 valence electrons. The number of benzene rings is 1. The second-order valence-electron chi connectivity index (χ2n) is 5.08. The summed E-state index contributed by atoms with van der Waals surface area (Å²) in [5.74, 6) is 0. The fourth-order valence-electron chi connectivity index (χ4n) is 2.69. The highest BCUT2D eigenvalue weighted by molar-refractivity contribution is 9.10. The summed E-state index contributed by atoms with van der Waals surface area (Å²) in [4.78, 5) is 0.0489. The van der Waals surface area contributed by atoms with Gasteiger partial charge in [-0.15, -0.1) is 0 Å². The third kappa shape index (κ3) is 3.53. The molecule has 21 heavy (non-hydrogen) atoms. The van der Waals surface area contributed by atoms with E-state index in [9.17, 15) is 13.5 Å². The zero-order valence-corrected chi connectivity index (χ0v) is 14.6. The minimum absolute atomic E-state index is 0.0489. The minimum atomic E-state index is -3.76. The summed E-state index contributed by atoms with van der Waals surface area (Å²) in [5, 5.41) is 9.49. The van der Waals surface area contributed by atoms with Crippen LogP contribution in [0.15, 0.2) is 21.5 Å². The van der Waals surface area contributed by atoms with Crippen molar-refractivity contribution in [1.29, 1.82) is 0 Å². The third-order valence-electron chi connectivity index (χ3n) is 3.67. The van der Waals surface area contributed by atoms with Gasteiger partial charge < -0.3 is 10.8 Å². The van der Waals surface area contributed by atoms with Crippen LogP contribution >= 0.6 is 27.5 Å². The molecule has 0 amide bonds. The maximum Gasteiger partial charge on any atom is 0.244 e. The topological polar surface area (TPSA) is 83.6 Å². The number of hydrogen-bond donors (Lipinski definition) is 2. The number of aliphatic hydroxyl groups is 1. The number of aliphatic hydroxyl groups excluding tert-OH is 1. The van der Waals surface area contributed by atoms with Crippen molar-refractivity contribution >= 4 is 43.2 Å². The predicted octanol–water partition coefficient (Wildman–Crippen LogP) is 2.61. The van der Waals surface area contributed by atoms with Crippen LogP contribution in [0.2, 0.25) is 5.02 Å². The van der Waals surface area contributed by atoms with E-state index >= 15 is 0 Å². The molecule has 0 atom stereocenters. The second-order valence-corrected chi connectivity index (χ2v) is 8.17. The number of sulfonamides is 1. The average Bonchev–Trinajstić information content (AvgIpc) is 2.93. The Kier molecular flexibility index (Phi) is 5.54. The van der Waals surface area contributed by atoms with Crippen LogP contribution in [0.3, 0.4) is 0 Å². The normalized spacial score (nSPS) is 16.8. The number of nitrogen functional groups attached to an aromatic ring is 1. The molecule has 0 spiro atoms. The Morgan fingerprint density at radius 3 is 2.57 bits per heavy atom. The molecule has 0 aromatic heterocycles. The predicted molar refractivity (Wildman–Crippen MR) is 86.8 cm³/mol. The summed E-state index contributed by atoms with van der Waals surface area (Å²) in [5.41, 5.74) is 6.06. The molecule has 1 fully saturated rings. The lowest BCUT2D eigenvalue weighted by Crippen LogP contribution is -2.40. The molecule has 0 unspecified atom stereocenters. The van der Waals surface area contributed by atoms with Gasteiger partial charge in [-0.05, 0) is 40.9 Å². The summed E-state index contributed by atoms with van der Waals surface area (Å²) in [6.45, 7) is -0.144. The van der Waals surface area contributed by atoms with Gasteiger partial charge in [0.2, 0.25) is 10.0 Å². The van der Waals surface area contributed by atoms with Crippen molar-refractivity contribution in [3.05, 3.63) is 21.6 Å². The number of anilines is 1. The Morgan fingerprint density at radius 1 is 1.38 bits per heavy atom. The SMILES string of the molecule is Nc1cc(Cl)cc(S(=O)(=O)N(CCO)C2CCCC2)c1Br. The molecule has 8 heteroatoms. The van der Waals surface area contributed by atoms with Gasteiger partial charge in [0, 0.05) is 23.3 Å². The van der Waals surface area contributed by atoms with Crippen molar-refractivity contribution in [1.82, 2.24) is 4.31 Å². The molecular weight excluding hydrogens is 380 g/mol. The number of hydrogen-bond acceptors (Lipinski definition) is 4. The van der Waals surface area contributed by atoms with Crippen molar-refractivity contribution in [3.8, 4) is 0 Å². The van der Waals surface area contributed by atoms with Crippen LogP contribution in [0.25, 0.3) is 0 Å². The number of nitrogens with two attached hydrogens (primary N) is 1. The van der Waals surface area contributed by atoms with Gasteiger partial charge in [-0.1, -0.05) is 24.4 Å². The van der Waals surface area contributed by atoms with Crippen molar-refractivity contribution < 1.29 is 13.5 Å². The molecule has 0 radical (unpaired) electrons. The van der Waals surface area contributed by atoms with Crippen LogP contribution in [-0.2, 0) is 10.0 Å². The summed E-state index contributed by atoms with van der Waals surface area (Å²) in [6.07, 6.45) is 3.63. The van der Waals surface area contributed by atoms with E-state index < -0.39 is 10.0 Å². The quantitative estimate of drug-likeness (QED) is 0.748. The van der Waals surface area contributed by atoms with Gasteiger partial charge >= 0.3 is 0 Å². The fourth-order valence-corrected chi connectivity index (χ4v) is 5.62. The Labute approximate surface area is 138 Å². The van der Waals surface area contributed by atoms with Crippen molar-refractivity contribution in [2.24, 2.45) is 0 Å². The van der Waals surface area contributed by atoms with Crippen molar-refractivity contribution in [2.75, 3.05) is 18.9 Å². The van der Waals surface area contributed by atoms with Crippen LogP contribution in [-0.4, -0.2) is 37.0 Å². The van der Waals surface area contributed by atoms with Crippen molar-refractivity contribution in [2.45, 2.75) is 36.6 Å². The zero-order valence-electron chi connectivity index (χ0n) is 11.4. The van der Waals surface area contributed by atoms with Gasteiger partial charge in [-0.25, -0.2) is 8.42 Å². The lowest BCUT2D eigenvalue weighted by Gasteiger charge is -2.28. The van der Waals surface area contributed by atoms with Gasteiger partial charge in [0.05, 0.1) is 16.0 Å². The highest BCUT2D eigenvalue weighted by atomic mass is 79.9. The maximum absolute atomic E-state index is 12.9. The van der Waals surface area contributed by atoms with E-state index in [1.165, 1.54) is 16.4 Å². The molecule has 5 nitrogen and oxygen atoms in total. The molecule has 1 aromatic rings. The molecule has 0 saturated heterocycles. The molecule has 3 N–H and O–H groups in total. The molecule has 2 rings (SSSR count). The lowest BCUT2D eigenvalue weighted by molar-refractivity contribution is 0.226. The molecule has 1 aliphatic carbocycles. The van der Waals surface area contributed by atoms with Crippen LogP contribution in [0, 0.1) is 0 Å². The molecule has 0 heterocycles. The lowest BCUT2D eigenvalue weighted by atomic mass is 10.2. The van der Waals surface area contributed by atoms with E-state index in [2.05, 4.69) is 15.9 Å². The minimum Gasteiger partial charge on any atom is -0.398 e. The zero-order chi connectivity index (χ0) is 15.6. The number of rotatable bonds is 5. The maximum atomic E-state index is 12.9. The molecule has 1 saturated carbocycles. The Bertz CT molecular complexity index is 618. The van der Waals surface area contributed by atoms with Gasteiger partial charge in [-0.2, -0.15) is 4.31 Å². The van der Waals surface area contributed by atoms with Gasteiger partial charge in [-0.3, -0.25) is 0 Å². The number of nitrogens with zero attached hydrogens (tertiary/aromatic N) is 1. The van der Waals surface area contributed by atoms with Gasteiger partial charge in [0.1, 0.15) is 0 Å². The number of halogens is 2. The van der Waals surface area contributed by atoms with Crippen LogP contribution in [0.4, 0.5) is 5.69 Å². The third-order valence-corrected chi connectivity index (χ3v) is 7.01. The van der Waals surface area contributed by atoms with Crippen molar-refractivity contribution in [3.63, 3.8) is 0 Å². The first-order valence-corrected chi connectivity index (χ1v) is 9.36. The highest BCUT2D eigenvalue weighted by Gasteiger charge is 2.34. The van der Waals surface area contributed by atoms with Gasteiger partial charge in [0.25, 0.3) is 0 Å². The molecule has 0 bridgehead atoms. The van der Waals surface area contributed by atoms with E-state index in [0.717, 1.165) is 25.7 Å². The Morgan fingerprint density at radius 2 is 2.00 bits per heavy atom. The summed E-state index contributed by atoms with van der Waals surface area (Å²) >= 11 is 9.16. The Balaban J connectivity index is 2.47. The largest absolute Gasteiger partial charge is 0.398 e. The second kappa shape index (κ2) is 6.83. The van der Waals surface area contributed by atoms with E-state index in [1.54, 1.807) is 0 Å². The molecular formula is C13H18BrClN2O3S. The highest BCUT2D eigenvalue weighted by Crippen LogP contribution is 2.35. The van der Waals surface area contributed by atoms with Crippen LogP contribution < -0.4 is 5.73 Å². The smallest absolute Gasteiger partial charge is 0.244 e. The van der Waals surface area contributed by atoms with E-state index in [-0.39, 0.29) is 34.8 Å². The summed E-state index contributed by atoms with van der Waals surface area (Å²) in [6, 6.07) is 2.81. The summed E-state index contributed by atoms with van der Waals surface area (Å²) in [7, 11) is -3.76. The van der Waals surface area contributed by atoms with E-state index in [0.29, 0.717) is 4.47 Å². The average molecular weight is 398 g/mol. The summed E-state index contributed by atoms with van der Waals surface area (Å²) < 4.78 is 27.5. The Hall–Kier alpha value is -0.340. The standard InChI is InChI=1S/C13H18BrClN2O3S/c14-13-11(16)7-9(15)8-12(13)21(19,20)17(5-6-18)10-3-1-2-4-10/h7-8,10,18H,1-6,16H2. The van der Waals surface area contributed by atoms with E-state index in [4.69, 9.17) is 17.3 Å². The van der Waals surface area contributed by atoms with Gasteiger partial charge in [0.15, 0.2) is 0 Å². The van der Waals surface area contributed by atoms with Crippen LogP contribution in [0.5, 0.6) is 0 Å². The first-order valence-electron chi connectivity index (χ1n) is 6.75.